The molecule has 1 spiro atoms. The zero-order chi connectivity index (χ0) is 31.6. The first-order valence-corrected chi connectivity index (χ1v) is 13.9. The molecule has 9 atom stereocenters. The number of aliphatic hydroxyl groups excluding tert-OH is 2. The van der Waals surface area contributed by atoms with Crippen LogP contribution >= 0.6 is 0 Å². The third-order valence-electron chi connectivity index (χ3n) is 8.34. The van der Waals surface area contributed by atoms with Gasteiger partial charge in [0.2, 0.25) is 6.29 Å². The summed E-state index contributed by atoms with van der Waals surface area (Å²) < 4.78 is 45.0. The number of allylic oxidation sites excluding steroid dienone is 1. The molecule has 0 bridgehead atoms. The summed E-state index contributed by atoms with van der Waals surface area (Å²) in [5.74, 6) is -5.26. The highest BCUT2D eigenvalue weighted by molar-refractivity contribution is 6.25. The lowest BCUT2D eigenvalue weighted by Gasteiger charge is -2.49. The molecule has 14 heteroatoms. The Morgan fingerprint density at radius 2 is 1.86 bits per heavy atom. The fourth-order valence-electron chi connectivity index (χ4n) is 6.15. The Kier molecular flexibility index (Phi) is 7.55. The van der Waals surface area contributed by atoms with Crippen molar-refractivity contribution in [2.45, 2.75) is 62.2 Å². The Labute approximate surface area is 251 Å². The Morgan fingerprint density at radius 3 is 2.59 bits per heavy atom. The topological polar surface area (TPSA) is 186 Å². The van der Waals surface area contributed by atoms with Crippen molar-refractivity contribution in [3.05, 3.63) is 59.4 Å². The van der Waals surface area contributed by atoms with Crippen LogP contribution in [0.2, 0.25) is 0 Å². The monoisotopic (exact) mass is 616 g/mol. The molecule has 4 aliphatic heterocycles. The lowest BCUT2D eigenvalue weighted by Crippen LogP contribution is -2.65. The molecule has 1 aliphatic carbocycles. The van der Waals surface area contributed by atoms with Crippen molar-refractivity contribution in [2.75, 3.05) is 20.8 Å². The SMILES string of the molecule is COC(=O)C1=CO[C@@H](O[C@@H]2O[C@@H]3COC(C)(C)O[C@H]3[C@H](O)[C@H]2O)[C@H]2[C@@H]1C=C[C@@]21C=C(C(=O)c2ccc(O)c(OC)c2)C(=O)O1. The second-order valence-corrected chi connectivity index (χ2v) is 11.5. The van der Waals surface area contributed by atoms with Gasteiger partial charge in [-0.1, -0.05) is 6.08 Å². The molecule has 2 saturated heterocycles. The van der Waals surface area contributed by atoms with Gasteiger partial charge in [-0.15, -0.1) is 0 Å². The van der Waals surface area contributed by atoms with E-state index in [1.807, 2.05) is 0 Å². The van der Waals surface area contributed by atoms with Gasteiger partial charge in [-0.2, -0.15) is 0 Å². The van der Waals surface area contributed by atoms with Gasteiger partial charge in [-0.25, -0.2) is 9.59 Å². The summed E-state index contributed by atoms with van der Waals surface area (Å²) in [6.45, 7) is 3.39. The average Bonchev–Trinajstić information content (AvgIpc) is 3.54. The maximum Gasteiger partial charge on any atom is 0.343 e. The molecule has 0 saturated carbocycles. The predicted molar refractivity (Wildman–Crippen MR) is 144 cm³/mol. The van der Waals surface area contributed by atoms with Crippen LogP contribution in [0.1, 0.15) is 24.2 Å². The molecule has 0 unspecified atom stereocenters. The molecular weight excluding hydrogens is 584 g/mol. The van der Waals surface area contributed by atoms with E-state index in [0.29, 0.717) is 0 Å². The number of benzene rings is 1. The third-order valence-corrected chi connectivity index (χ3v) is 8.34. The van der Waals surface area contributed by atoms with Crippen molar-refractivity contribution in [3.63, 3.8) is 0 Å². The summed E-state index contributed by atoms with van der Waals surface area (Å²) in [6, 6.07) is 3.89. The highest BCUT2D eigenvalue weighted by atomic mass is 16.8. The van der Waals surface area contributed by atoms with Gasteiger partial charge in [0, 0.05) is 11.5 Å². The molecule has 4 heterocycles. The number of carbonyl (C=O) groups is 3. The number of hydrogen-bond acceptors (Lipinski definition) is 14. The van der Waals surface area contributed by atoms with Crippen LogP contribution in [-0.2, 0) is 42.7 Å². The summed E-state index contributed by atoms with van der Waals surface area (Å²) in [7, 11) is 2.52. The fraction of sp³-hybridized carbons (Fsp3) is 0.500. The number of phenols is 1. The number of aliphatic hydroxyl groups is 2. The first-order chi connectivity index (χ1) is 20.9. The van der Waals surface area contributed by atoms with Crippen LogP contribution in [-0.4, -0.2) is 102 Å². The second-order valence-electron chi connectivity index (χ2n) is 11.5. The van der Waals surface area contributed by atoms with Gasteiger partial charge in [0.15, 0.2) is 35.0 Å². The number of ketones is 1. The summed E-state index contributed by atoms with van der Waals surface area (Å²) in [4.78, 5) is 39.3. The molecule has 6 rings (SSSR count). The third kappa shape index (κ3) is 4.97. The van der Waals surface area contributed by atoms with Gasteiger partial charge < -0.3 is 53.2 Å². The van der Waals surface area contributed by atoms with E-state index in [-0.39, 0.29) is 34.8 Å². The summed E-state index contributed by atoms with van der Waals surface area (Å²) in [6.07, 6.45) is -1.83. The van der Waals surface area contributed by atoms with Gasteiger partial charge in [-0.05, 0) is 44.2 Å². The average molecular weight is 617 g/mol. The Balaban J connectivity index is 1.31. The quantitative estimate of drug-likeness (QED) is 0.175. The number of Topliss-reactive ketones (excluding diaryl/α,β-unsaturated/α-hetero) is 1. The van der Waals surface area contributed by atoms with E-state index in [1.54, 1.807) is 19.9 Å². The number of phenolic OH excluding ortho intramolecular Hbond substituents is 1. The molecule has 1 aromatic rings. The van der Waals surface area contributed by atoms with Gasteiger partial charge in [0.05, 0.1) is 38.6 Å². The van der Waals surface area contributed by atoms with Gasteiger partial charge in [0.25, 0.3) is 0 Å². The molecule has 1 aromatic carbocycles. The van der Waals surface area contributed by atoms with Gasteiger partial charge in [0.1, 0.15) is 30.0 Å². The zero-order valence-corrected chi connectivity index (χ0v) is 24.2. The highest BCUT2D eigenvalue weighted by Crippen LogP contribution is 2.51. The van der Waals surface area contributed by atoms with Crippen molar-refractivity contribution in [1.29, 1.82) is 0 Å². The Bertz CT molecular complexity index is 1460. The van der Waals surface area contributed by atoms with E-state index in [4.69, 9.17) is 37.9 Å². The molecule has 14 nitrogen and oxygen atoms in total. The van der Waals surface area contributed by atoms with Crippen molar-refractivity contribution in [2.24, 2.45) is 11.8 Å². The Morgan fingerprint density at radius 1 is 1.09 bits per heavy atom. The van der Waals surface area contributed by atoms with E-state index in [9.17, 15) is 29.7 Å². The van der Waals surface area contributed by atoms with E-state index in [0.717, 1.165) is 6.26 Å². The molecule has 44 heavy (non-hydrogen) atoms. The molecule has 0 amide bonds. The molecule has 5 aliphatic rings. The largest absolute Gasteiger partial charge is 0.504 e. The van der Waals surface area contributed by atoms with E-state index in [1.165, 1.54) is 44.6 Å². The van der Waals surface area contributed by atoms with Crippen molar-refractivity contribution in [3.8, 4) is 11.5 Å². The zero-order valence-electron chi connectivity index (χ0n) is 24.2. The van der Waals surface area contributed by atoms with Gasteiger partial charge in [-0.3, -0.25) is 4.79 Å². The fourth-order valence-corrected chi connectivity index (χ4v) is 6.15. The number of methoxy groups -OCH3 is 2. The standard InChI is InChI=1S/C30H32O14/c1-29(2)40-12-19-24(43-29)22(33)23(34)28(41-19)42-27-20-14(16(11-39-27)25(35)38-4)7-8-30(20)10-15(26(36)44-30)21(32)13-5-6-17(31)18(9-13)37-3/h5-11,14,19-20,22-24,27-28,31,33-34H,12H2,1-4H3/t14-,19-,20-,22-,23-,24-,27+,28+,30-/m1/s1. The number of rotatable bonds is 6. The first kappa shape index (κ1) is 30.2. The van der Waals surface area contributed by atoms with Crippen molar-refractivity contribution >= 4 is 17.7 Å². The molecule has 0 aromatic heterocycles. The minimum atomic E-state index is -1.62. The minimum Gasteiger partial charge on any atom is -0.504 e. The summed E-state index contributed by atoms with van der Waals surface area (Å²) in [5.41, 5.74) is -1.77. The van der Waals surface area contributed by atoms with Crippen LogP contribution in [0.15, 0.2) is 53.8 Å². The first-order valence-electron chi connectivity index (χ1n) is 13.9. The van der Waals surface area contributed by atoms with E-state index in [2.05, 4.69) is 0 Å². The normalized spacial score (nSPS) is 36.8. The second kappa shape index (κ2) is 11.0. The number of ether oxygens (including phenoxy) is 8. The van der Waals surface area contributed by atoms with Crippen molar-refractivity contribution in [1.82, 2.24) is 0 Å². The van der Waals surface area contributed by atoms with Crippen LogP contribution in [0.3, 0.4) is 0 Å². The molecule has 3 N–H and O–H groups in total. The van der Waals surface area contributed by atoms with Crippen LogP contribution in [0, 0.1) is 11.8 Å². The number of aromatic hydroxyl groups is 1. The maximum atomic E-state index is 13.4. The lowest BCUT2D eigenvalue weighted by atomic mass is 9.78. The smallest absolute Gasteiger partial charge is 0.343 e. The molecular formula is C30H32O14. The van der Waals surface area contributed by atoms with Crippen molar-refractivity contribution < 1.29 is 67.6 Å². The maximum absolute atomic E-state index is 13.4. The van der Waals surface area contributed by atoms with Crippen LogP contribution in [0.25, 0.3) is 0 Å². The Hall–Kier alpha value is -3.79. The molecule has 2 fully saturated rings. The predicted octanol–water partition coefficient (Wildman–Crippen LogP) is 0.636. The van der Waals surface area contributed by atoms with E-state index >= 15 is 0 Å². The number of carbonyl (C=O) groups excluding carboxylic acids is 3. The van der Waals surface area contributed by atoms with E-state index < -0.39 is 77.9 Å². The summed E-state index contributed by atoms with van der Waals surface area (Å²) >= 11 is 0. The minimum absolute atomic E-state index is 0.0353. The number of hydrogen-bond donors (Lipinski definition) is 3. The molecule has 236 valence electrons. The van der Waals surface area contributed by atoms with Crippen LogP contribution in [0.5, 0.6) is 11.5 Å². The van der Waals surface area contributed by atoms with Crippen LogP contribution in [0.4, 0.5) is 0 Å². The lowest BCUT2D eigenvalue weighted by molar-refractivity contribution is -0.397. The number of esters is 2. The van der Waals surface area contributed by atoms with Crippen LogP contribution < -0.4 is 4.74 Å². The summed E-state index contributed by atoms with van der Waals surface area (Å²) in [5, 5.41) is 31.8. The highest BCUT2D eigenvalue weighted by Gasteiger charge is 2.60. The molecule has 0 radical (unpaired) electrons. The number of fused-ring (bicyclic) bond motifs is 3. The van der Waals surface area contributed by atoms with Gasteiger partial charge >= 0.3 is 11.9 Å².